The highest BCUT2D eigenvalue weighted by molar-refractivity contribution is 9.10. The molecule has 0 bridgehead atoms. The Morgan fingerprint density at radius 1 is 1.15 bits per heavy atom. The van der Waals surface area contributed by atoms with Crippen LogP contribution >= 0.6 is 15.9 Å². The zero-order valence-electron chi connectivity index (χ0n) is 14.1. The van der Waals surface area contributed by atoms with Gasteiger partial charge in [0, 0.05) is 6.54 Å². The molecule has 0 saturated carbocycles. The highest BCUT2D eigenvalue weighted by atomic mass is 79.9. The van der Waals surface area contributed by atoms with Gasteiger partial charge in [-0.3, -0.25) is 9.69 Å². The summed E-state index contributed by atoms with van der Waals surface area (Å²) >= 11 is 3.28. The molecule has 7 nitrogen and oxygen atoms in total. The summed E-state index contributed by atoms with van der Waals surface area (Å²) in [6, 6.07) is 14.6. The van der Waals surface area contributed by atoms with Gasteiger partial charge in [0.1, 0.15) is 17.8 Å². The number of carbonyl (C=O) groups excluding carboxylic acids is 2. The average molecular weight is 422 g/mol. The fourth-order valence-electron chi connectivity index (χ4n) is 2.15. The molecule has 0 radical (unpaired) electrons. The third kappa shape index (κ3) is 6.81. The van der Waals surface area contributed by atoms with Crippen LogP contribution in [0.1, 0.15) is 11.3 Å². The summed E-state index contributed by atoms with van der Waals surface area (Å²) in [5.41, 5.74) is 1.47. The van der Waals surface area contributed by atoms with Gasteiger partial charge < -0.3 is 15.2 Å². The van der Waals surface area contributed by atoms with Crippen LogP contribution in [0.25, 0.3) is 0 Å². The first-order chi connectivity index (χ1) is 12.6. The number of benzene rings is 1. The fourth-order valence-corrected chi connectivity index (χ4v) is 2.53. The Bertz CT molecular complexity index is 727. The third-order valence-electron chi connectivity index (χ3n) is 3.36. The zero-order chi connectivity index (χ0) is 18.8. The van der Waals surface area contributed by atoms with E-state index in [0.29, 0.717) is 10.3 Å². The van der Waals surface area contributed by atoms with E-state index < -0.39 is 6.09 Å². The second-order valence-corrected chi connectivity index (χ2v) is 6.23. The summed E-state index contributed by atoms with van der Waals surface area (Å²) in [5.74, 6) is -0.384. The van der Waals surface area contributed by atoms with Crippen molar-refractivity contribution in [2.75, 3.05) is 19.7 Å². The van der Waals surface area contributed by atoms with Gasteiger partial charge in [-0.15, -0.1) is 0 Å². The van der Waals surface area contributed by atoms with Crippen molar-refractivity contribution in [3.05, 3.63) is 64.4 Å². The Hall–Kier alpha value is -2.45. The van der Waals surface area contributed by atoms with E-state index in [1.165, 1.54) is 4.90 Å². The monoisotopic (exact) mass is 421 g/mol. The summed E-state index contributed by atoms with van der Waals surface area (Å²) < 4.78 is 5.95. The Morgan fingerprint density at radius 2 is 1.92 bits per heavy atom. The van der Waals surface area contributed by atoms with E-state index in [1.807, 2.05) is 30.3 Å². The van der Waals surface area contributed by atoms with Crippen LogP contribution in [0.5, 0.6) is 0 Å². The molecule has 1 aromatic carbocycles. The number of ether oxygens (including phenoxy) is 1. The smallest absolute Gasteiger partial charge is 0.410 e. The fraction of sp³-hybridized carbons (Fsp3) is 0.278. The lowest BCUT2D eigenvalue weighted by Crippen LogP contribution is -2.41. The molecule has 0 saturated heterocycles. The van der Waals surface area contributed by atoms with Crippen molar-refractivity contribution >= 4 is 27.9 Å². The van der Waals surface area contributed by atoms with E-state index in [9.17, 15) is 9.59 Å². The van der Waals surface area contributed by atoms with Gasteiger partial charge in [-0.25, -0.2) is 9.78 Å². The summed E-state index contributed by atoms with van der Waals surface area (Å²) in [5, 5.41) is 11.3. The van der Waals surface area contributed by atoms with Gasteiger partial charge in [0.2, 0.25) is 5.91 Å². The van der Waals surface area contributed by atoms with Crippen molar-refractivity contribution < 1.29 is 19.4 Å². The molecule has 0 aliphatic rings. The molecule has 26 heavy (non-hydrogen) atoms. The second kappa shape index (κ2) is 10.5. The first-order valence-corrected chi connectivity index (χ1v) is 8.82. The Balaban J connectivity index is 2.02. The number of rotatable bonds is 8. The summed E-state index contributed by atoms with van der Waals surface area (Å²) in [6.07, 6.45) is -0.616. The van der Waals surface area contributed by atoms with Crippen molar-refractivity contribution in [2.45, 2.75) is 13.2 Å². The number of hydrogen-bond donors (Lipinski definition) is 2. The second-order valence-electron chi connectivity index (χ2n) is 5.42. The van der Waals surface area contributed by atoms with E-state index in [2.05, 4.69) is 26.2 Å². The summed E-state index contributed by atoms with van der Waals surface area (Å²) in [7, 11) is 0. The predicted molar refractivity (Wildman–Crippen MR) is 99.1 cm³/mol. The van der Waals surface area contributed by atoms with Crippen molar-refractivity contribution in [1.82, 2.24) is 15.2 Å². The number of hydrogen-bond acceptors (Lipinski definition) is 5. The number of aliphatic hydroxyl groups is 1. The molecule has 0 spiro atoms. The van der Waals surface area contributed by atoms with Crippen LogP contribution in [0.15, 0.2) is 53.1 Å². The topological polar surface area (TPSA) is 91.8 Å². The van der Waals surface area contributed by atoms with Crippen molar-refractivity contribution in [3.8, 4) is 0 Å². The Morgan fingerprint density at radius 3 is 2.62 bits per heavy atom. The molecule has 1 heterocycles. The zero-order valence-corrected chi connectivity index (χ0v) is 15.7. The van der Waals surface area contributed by atoms with Crippen LogP contribution in [-0.2, 0) is 22.7 Å². The van der Waals surface area contributed by atoms with Crippen LogP contribution in [-0.4, -0.2) is 46.7 Å². The number of amides is 2. The number of nitrogens with one attached hydrogen (secondary N) is 1. The lowest BCUT2D eigenvalue weighted by atomic mass is 10.2. The highest BCUT2D eigenvalue weighted by Crippen LogP contribution is 2.10. The quantitative estimate of drug-likeness (QED) is 0.636. The van der Waals surface area contributed by atoms with Crippen LogP contribution in [0, 0.1) is 0 Å². The molecule has 0 atom stereocenters. The molecule has 2 aromatic rings. The first-order valence-electron chi connectivity index (χ1n) is 8.03. The van der Waals surface area contributed by atoms with Gasteiger partial charge >= 0.3 is 6.09 Å². The largest absolute Gasteiger partial charge is 0.445 e. The molecule has 2 rings (SSSR count). The maximum atomic E-state index is 12.4. The van der Waals surface area contributed by atoms with E-state index in [1.54, 1.807) is 18.2 Å². The normalized spacial score (nSPS) is 10.2. The predicted octanol–water partition coefficient (Wildman–Crippen LogP) is 2.09. The van der Waals surface area contributed by atoms with Crippen LogP contribution in [0.2, 0.25) is 0 Å². The molecular formula is C18H20BrN3O4. The lowest BCUT2D eigenvalue weighted by molar-refractivity contribution is -0.122. The number of pyridine rings is 1. The number of aromatic nitrogens is 1. The molecule has 0 unspecified atom stereocenters. The van der Waals surface area contributed by atoms with Gasteiger partial charge in [0.15, 0.2) is 0 Å². The van der Waals surface area contributed by atoms with Gasteiger partial charge in [-0.05, 0) is 33.6 Å². The Labute approximate surface area is 160 Å². The van der Waals surface area contributed by atoms with E-state index in [0.717, 1.165) is 5.56 Å². The van der Waals surface area contributed by atoms with Crippen molar-refractivity contribution in [3.63, 3.8) is 0 Å². The minimum atomic E-state index is -0.616. The van der Waals surface area contributed by atoms with Crippen molar-refractivity contribution in [2.24, 2.45) is 0 Å². The number of aliphatic hydroxyl groups excluding tert-OH is 1. The Kier molecular flexibility index (Phi) is 8.04. The lowest BCUT2D eigenvalue weighted by Gasteiger charge is -2.21. The molecule has 0 aliphatic heterocycles. The van der Waals surface area contributed by atoms with Crippen LogP contribution in [0.4, 0.5) is 4.79 Å². The van der Waals surface area contributed by atoms with Crippen molar-refractivity contribution in [1.29, 1.82) is 0 Å². The van der Waals surface area contributed by atoms with E-state index in [4.69, 9.17) is 9.84 Å². The summed E-state index contributed by atoms with van der Waals surface area (Å²) in [4.78, 5) is 29.9. The molecule has 2 N–H and O–H groups in total. The molecular weight excluding hydrogens is 402 g/mol. The minimum absolute atomic E-state index is 0.111. The first kappa shape index (κ1) is 19.9. The van der Waals surface area contributed by atoms with Gasteiger partial charge in [0.05, 0.1) is 18.8 Å². The average Bonchev–Trinajstić information content (AvgIpc) is 2.65. The number of carbonyl (C=O) groups is 2. The number of halogens is 1. The maximum absolute atomic E-state index is 12.4. The molecule has 2 amide bonds. The SMILES string of the molecule is O=C(CN(Cc1cccc(Br)n1)C(=O)OCc1ccccc1)NCCO. The van der Waals surface area contributed by atoms with Gasteiger partial charge in [-0.2, -0.15) is 0 Å². The molecule has 0 aliphatic carbocycles. The van der Waals surface area contributed by atoms with Gasteiger partial charge in [-0.1, -0.05) is 36.4 Å². The minimum Gasteiger partial charge on any atom is -0.445 e. The van der Waals surface area contributed by atoms with E-state index in [-0.39, 0.29) is 38.8 Å². The third-order valence-corrected chi connectivity index (χ3v) is 3.80. The van der Waals surface area contributed by atoms with Gasteiger partial charge in [0.25, 0.3) is 0 Å². The highest BCUT2D eigenvalue weighted by Gasteiger charge is 2.19. The maximum Gasteiger partial charge on any atom is 0.410 e. The molecule has 0 fully saturated rings. The van der Waals surface area contributed by atoms with E-state index >= 15 is 0 Å². The standard InChI is InChI=1S/C18H20BrN3O4/c19-16-8-4-7-15(21-16)11-22(12-17(24)20-9-10-23)18(25)26-13-14-5-2-1-3-6-14/h1-8,23H,9-13H2,(H,20,24). The summed E-state index contributed by atoms with van der Waals surface area (Å²) in [6.45, 7) is 0.0000219. The number of nitrogens with zero attached hydrogens (tertiary/aromatic N) is 2. The molecule has 8 heteroatoms. The molecule has 138 valence electrons. The van der Waals surface area contributed by atoms with Crippen LogP contribution in [0.3, 0.4) is 0 Å². The molecule has 1 aromatic heterocycles. The van der Waals surface area contributed by atoms with Crippen LogP contribution < -0.4 is 5.32 Å².